The third kappa shape index (κ3) is 3.38. The summed E-state index contributed by atoms with van der Waals surface area (Å²) in [5.74, 6) is 0.445. The molecule has 2 aromatic rings. The average molecular weight is 358 g/mol. The molecule has 3 heterocycles. The van der Waals surface area contributed by atoms with Gasteiger partial charge in [-0.3, -0.25) is 14.6 Å². The number of carbonyl (C=O) groups is 1. The smallest absolute Gasteiger partial charge is 0.347 e. The van der Waals surface area contributed by atoms with Gasteiger partial charge in [0.15, 0.2) is 5.78 Å². The van der Waals surface area contributed by atoms with Gasteiger partial charge in [-0.1, -0.05) is 0 Å². The van der Waals surface area contributed by atoms with Gasteiger partial charge in [0.1, 0.15) is 23.6 Å². The van der Waals surface area contributed by atoms with Crippen LogP contribution in [0.1, 0.15) is 22.8 Å². The van der Waals surface area contributed by atoms with Gasteiger partial charge in [0.2, 0.25) is 0 Å². The van der Waals surface area contributed by atoms with E-state index in [1.54, 1.807) is 6.07 Å². The first-order valence-electron chi connectivity index (χ1n) is 8.88. The molecule has 0 atom stereocenters. The SMILES string of the molecule is CC(=O)c1cc2ccc3c(c2oc1=O)CN(CCN1CCOCC1)CO3. The first-order valence-corrected chi connectivity index (χ1v) is 8.88. The lowest BCUT2D eigenvalue weighted by molar-refractivity contribution is 0.0241. The third-order valence-corrected chi connectivity index (χ3v) is 4.96. The van der Waals surface area contributed by atoms with Crippen LogP contribution in [-0.2, 0) is 11.3 Å². The fourth-order valence-corrected chi connectivity index (χ4v) is 3.44. The van der Waals surface area contributed by atoms with Crippen LogP contribution in [0.5, 0.6) is 5.75 Å². The van der Waals surface area contributed by atoms with Crippen LogP contribution in [0.25, 0.3) is 11.0 Å². The summed E-state index contributed by atoms with van der Waals surface area (Å²) in [5, 5.41) is 0.743. The number of hydrogen-bond donors (Lipinski definition) is 0. The molecule has 7 heteroatoms. The van der Waals surface area contributed by atoms with Gasteiger partial charge in [-0.25, -0.2) is 4.79 Å². The second kappa shape index (κ2) is 7.19. The van der Waals surface area contributed by atoms with Crippen molar-refractivity contribution >= 4 is 16.8 Å². The first kappa shape index (κ1) is 17.2. The molecule has 138 valence electrons. The van der Waals surface area contributed by atoms with Crippen LogP contribution >= 0.6 is 0 Å². The van der Waals surface area contributed by atoms with Gasteiger partial charge in [-0.2, -0.15) is 0 Å². The Labute approximate surface area is 151 Å². The maximum Gasteiger partial charge on any atom is 0.347 e. The highest BCUT2D eigenvalue weighted by Gasteiger charge is 2.23. The standard InChI is InChI=1S/C19H22N2O5/c1-13(22)15-10-14-2-3-17-16(18(14)26-19(15)23)11-21(12-25-17)5-4-20-6-8-24-9-7-20/h2-3,10H,4-9,11-12H2,1H3. The van der Waals surface area contributed by atoms with Crippen LogP contribution in [0.2, 0.25) is 0 Å². The van der Waals surface area contributed by atoms with E-state index in [-0.39, 0.29) is 11.3 Å². The molecular weight excluding hydrogens is 336 g/mol. The fraction of sp³-hybridized carbons (Fsp3) is 0.474. The molecule has 2 aliphatic rings. The molecule has 26 heavy (non-hydrogen) atoms. The molecule has 4 rings (SSSR count). The minimum atomic E-state index is -0.594. The Bertz CT molecular complexity index is 885. The zero-order valence-electron chi connectivity index (χ0n) is 14.8. The van der Waals surface area contributed by atoms with Gasteiger partial charge < -0.3 is 13.9 Å². The molecular formula is C19H22N2O5. The van der Waals surface area contributed by atoms with Gasteiger partial charge in [0.25, 0.3) is 0 Å². The lowest BCUT2D eigenvalue weighted by Crippen LogP contribution is -2.43. The van der Waals surface area contributed by atoms with Crippen LogP contribution in [0.4, 0.5) is 0 Å². The van der Waals surface area contributed by atoms with Crippen molar-refractivity contribution in [2.24, 2.45) is 0 Å². The third-order valence-electron chi connectivity index (χ3n) is 4.96. The Balaban J connectivity index is 1.56. The van der Waals surface area contributed by atoms with Crippen LogP contribution < -0.4 is 10.4 Å². The van der Waals surface area contributed by atoms with E-state index >= 15 is 0 Å². The van der Waals surface area contributed by atoms with Gasteiger partial charge >= 0.3 is 5.63 Å². The van der Waals surface area contributed by atoms with E-state index in [2.05, 4.69) is 9.80 Å². The van der Waals surface area contributed by atoms with Crippen molar-refractivity contribution in [3.05, 3.63) is 39.7 Å². The number of fused-ring (bicyclic) bond motifs is 3. The molecule has 2 aliphatic heterocycles. The van der Waals surface area contributed by atoms with Crippen LogP contribution in [-0.4, -0.2) is 61.7 Å². The van der Waals surface area contributed by atoms with Crippen molar-refractivity contribution in [3.63, 3.8) is 0 Å². The monoisotopic (exact) mass is 358 g/mol. The summed E-state index contributed by atoms with van der Waals surface area (Å²) in [7, 11) is 0. The summed E-state index contributed by atoms with van der Waals surface area (Å²) in [6.45, 7) is 7.83. The fourth-order valence-electron chi connectivity index (χ4n) is 3.44. The Hall–Kier alpha value is -2.22. The first-order chi connectivity index (χ1) is 12.6. The topological polar surface area (TPSA) is 72.2 Å². The lowest BCUT2D eigenvalue weighted by atomic mass is 10.1. The minimum Gasteiger partial charge on any atom is -0.478 e. The van der Waals surface area contributed by atoms with E-state index in [0.29, 0.717) is 18.9 Å². The quantitative estimate of drug-likeness (QED) is 0.605. The largest absolute Gasteiger partial charge is 0.478 e. The van der Waals surface area contributed by atoms with E-state index in [1.165, 1.54) is 6.92 Å². The summed E-state index contributed by atoms with van der Waals surface area (Å²) in [6.07, 6.45) is 0. The van der Waals surface area contributed by atoms with E-state index in [4.69, 9.17) is 13.9 Å². The Morgan fingerprint density at radius 3 is 2.69 bits per heavy atom. The number of morpholine rings is 1. The molecule has 0 radical (unpaired) electrons. The molecule has 0 bridgehead atoms. The lowest BCUT2D eigenvalue weighted by Gasteiger charge is -2.32. The van der Waals surface area contributed by atoms with E-state index in [1.807, 2.05) is 12.1 Å². The maximum absolute atomic E-state index is 12.1. The number of nitrogens with zero attached hydrogens (tertiary/aromatic N) is 2. The number of Topliss-reactive ketones (excluding diaryl/α,β-unsaturated/α-hetero) is 1. The van der Waals surface area contributed by atoms with Crippen LogP contribution in [0, 0.1) is 0 Å². The van der Waals surface area contributed by atoms with Crippen LogP contribution in [0.15, 0.2) is 27.4 Å². The molecule has 0 spiro atoms. The molecule has 0 aliphatic carbocycles. The summed E-state index contributed by atoms with van der Waals surface area (Å²) < 4.78 is 16.7. The number of ether oxygens (including phenoxy) is 2. The molecule has 0 N–H and O–H groups in total. The second-order valence-electron chi connectivity index (χ2n) is 6.74. The molecule has 1 aromatic carbocycles. The van der Waals surface area contributed by atoms with E-state index < -0.39 is 5.63 Å². The van der Waals surface area contributed by atoms with Gasteiger partial charge in [0.05, 0.1) is 18.8 Å². The molecule has 1 saturated heterocycles. The van der Waals surface area contributed by atoms with Gasteiger partial charge in [-0.15, -0.1) is 0 Å². The predicted molar refractivity (Wildman–Crippen MR) is 95.7 cm³/mol. The molecule has 0 amide bonds. The number of hydrogen-bond acceptors (Lipinski definition) is 7. The minimum absolute atomic E-state index is 0.0818. The normalized spacial score (nSPS) is 18.5. The van der Waals surface area contributed by atoms with Crippen molar-refractivity contribution in [2.45, 2.75) is 13.5 Å². The van der Waals surface area contributed by atoms with Gasteiger partial charge in [0, 0.05) is 38.1 Å². The number of rotatable bonds is 4. The van der Waals surface area contributed by atoms with Crippen molar-refractivity contribution < 1.29 is 18.7 Å². The number of carbonyl (C=O) groups excluding carboxylic acids is 1. The van der Waals surface area contributed by atoms with Crippen molar-refractivity contribution in [2.75, 3.05) is 46.1 Å². The average Bonchev–Trinajstić information content (AvgIpc) is 2.66. The molecule has 1 aromatic heterocycles. The molecule has 0 saturated carbocycles. The van der Waals surface area contributed by atoms with Crippen molar-refractivity contribution in [1.82, 2.24) is 9.80 Å². The summed E-state index contributed by atoms with van der Waals surface area (Å²) in [6, 6.07) is 5.31. The van der Waals surface area contributed by atoms with Crippen molar-refractivity contribution in [1.29, 1.82) is 0 Å². The Kier molecular flexibility index (Phi) is 4.76. The molecule has 7 nitrogen and oxygen atoms in total. The number of benzene rings is 1. The zero-order valence-corrected chi connectivity index (χ0v) is 14.8. The predicted octanol–water partition coefficient (Wildman–Crippen LogP) is 1.48. The Morgan fingerprint density at radius 2 is 1.92 bits per heavy atom. The van der Waals surface area contributed by atoms with Gasteiger partial charge in [-0.05, 0) is 25.1 Å². The van der Waals surface area contributed by atoms with E-state index in [9.17, 15) is 9.59 Å². The summed E-state index contributed by atoms with van der Waals surface area (Å²) >= 11 is 0. The van der Waals surface area contributed by atoms with Crippen molar-refractivity contribution in [3.8, 4) is 5.75 Å². The van der Waals surface area contributed by atoms with E-state index in [0.717, 1.165) is 56.1 Å². The zero-order chi connectivity index (χ0) is 18.1. The Morgan fingerprint density at radius 1 is 1.15 bits per heavy atom. The highest BCUT2D eigenvalue weighted by Crippen LogP contribution is 2.31. The summed E-state index contributed by atoms with van der Waals surface area (Å²) in [4.78, 5) is 28.3. The number of ketones is 1. The highest BCUT2D eigenvalue weighted by atomic mass is 16.5. The summed E-state index contributed by atoms with van der Waals surface area (Å²) in [5.41, 5.74) is 0.860. The highest BCUT2D eigenvalue weighted by molar-refractivity contribution is 5.97. The van der Waals surface area contributed by atoms with Crippen LogP contribution in [0.3, 0.4) is 0 Å². The second-order valence-corrected chi connectivity index (χ2v) is 6.74. The molecule has 0 unspecified atom stereocenters. The maximum atomic E-state index is 12.1. The molecule has 1 fully saturated rings.